The summed E-state index contributed by atoms with van der Waals surface area (Å²) in [5.41, 5.74) is 4.35. The summed E-state index contributed by atoms with van der Waals surface area (Å²) < 4.78 is 64.1. The smallest absolute Gasteiger partial charge is 0.410 e. The van der Waals surface area contributed by atoms with Crippen LogP contribution in [0.15, 0.2) is 24.3 Å². The Hall–Kier alpha value is -1.73. The van der Waals surface area contributed by atoms with Crippen LogP contribution < -0.4 is 0 Å². The highest BCUT2D eigenvalue weighted by Crippen LogP contribution is 2.58. The van der Waals surface area contributed by atoms with Crippen molar-refractivity contribution in [1.29, 1.82) is 0 Å². The van der Waals surface area contributed by atoms with Crippen LogP contribution in [-0.4, -0.2) is 13.3 Å². The highest BCUT2D eigenvalue weighted by molar-refractivity contribution is 6.74. The molecule has 2 fully saturated rings. The van der Waals surface area contributed by atoms with Gasteiger partial charge in [-0.2, -0.15) is 13.2 Å². The number of rotatable bonds is 6. The van der Waals surface area contributed by atoms with E-state index in [1.807, 2.05) is 0 Å². The van der Waals surface area contributed by atoms with Crippen molar-refractivity contribution in [3.63, 3.8) is 0 Å². The number of halogens is 4. The minimum atomic E-state index is -4.46. The first-order chi connectivity index (χ1) is 19.0. The summed E-state index contributed by atoms with van der Waals surface area (Å²) in [6.45, 7) is 15.5. The third-order valence-corrected chi connectivity index (χ3v) is 15.1. The Labute approximate surface area is 244 Å². The Balaban J connectivity index is 1.72. The van der Waals surface area contributed by atoms with E-state index in [2.05, 4.69) is 47.7 Å². The third-order valence-electron chi connectivity index (χ3n) is 10.7. The summed E-state index contributed by atoms with van der Waals surface area (Å²) in [4.78, 5) is 5.28. The Kier molecular flexibility index (Phi) is 8.06. The molecule has 226 valence electrons. The fourth-order valence-corrected chi connectivity index (χ4v) is 8.45. The molecule has 0 saturated heterocycles. The van der Waals surface area contributed by atoms with Gasteiger partial charge in [0, 0.05) is 22.5 Å². The summed E-state index contributed by atoms with van der Waals surface area (Å²) in [7, 11) is -2.17. The van der Waals surface area contributed by atoms with Gasteiger partial charge in [0.25, 0.3) is 0 Å². The van der Waals surface area contributed by atoms with Crippen LogP contribution in [0.1, 0.15) is 149 Å². The van der Waals surface area contributed by atoms with Crippen LogP contribution >= 0.6 is 0 Å². The summed E-state index contributed by atoms with van der Waals surface area (Å²) in [5.74, 6) is 0.204. The van der Waals surface area contributed by atoms with Crippen molar-refractivity contribution < 1.29 is 22.0 Å². The van der Waals surface area contributed by atoms with Gasteiger partial charge in [-0.05, 0) is 97.2 Å². The SMILES string of the molecule is CC(C)c1nc2c(c(C3CCCC3)c1[C@H](F)c1ccc(C(F)(F)F)cc1)[C@@H](O[Si](C)(C)C(C)(C)C)CC1(CCC1)C2. The number of hydrogen-bond donors (Lipinski definition) is 0. The molecule has 2 aromatic rings. The van der Waals surface area contributed by atoms with E-state index in [0.29, 0.717) is 5.56 Å². The van der Waals surface area contributed by atoms with Gasteiger partial charge in [0.2, 0.25) is 0 Å². The number of hydrogen-bond acceptors (Lipinski definition) is 2. The van der Waals surface area contributed by atoms with Gasteiger partial charge in [0.15, 0.2) is 14.5 Å². The fraction of sp³-hybridized carbons (Fsp3) is 0.676. The van der Waals surface area contributed by atoms with Gasteiger partial charge in [0.05, 0.1) is 11.7 Å². The lowest BCUT2D eigenvalue weighted by Gasteiger charge is -2.51. The highest BCUT2D eigenvalue weighted by Gasteiger charge is 2.50. The normalized spacial score (nSPS) is 22.2. The molecule has 3 aliphatic carbocycles. The van der Waals surface area contributed by atoms with Gasteiger partial charge < -0.3 is 4.43 Å². The van der Waals surface area contributed by atoms with Gasteiger partial charge in [-0.3, -0.25) is 4.98 Å². The number of nitrogens with zero attached hydrogens (tertiary/aromatic N) is 1. The maximum atomic E-state index is 16.9. The lowest BCUT2D eigenvalue weighted by molar-refractivity contribution is -0.137. The van der Waals surface area contributed by atoms with Crippen LogP contribution in [0.2, 0.25) is 18.1 Å². The standard InChI is InChI=1S/C34H47F4NOSi/c1-21(2)31-29(30(35)23-13-15-24(16-14-23)34(36,37)38)27(22-11-8-9-12-22)28-25(39-31)19-33(17-10-18-33)20-26(28)40-41(6,7)32(3,4)5/h13-16,21-22,26,30H,8-12,17-20H2,1-7H3/t26-,30+/m0/s1. The summed E-state index contributed by atoms with van der Waals surface area (Å²) in [5, 5.41) is 0.0297. The average molecular weight is 590 g/mol. The molecule has 0 bridgehead atoms. The summed E-state index contributed by atoms with van der Waals surface area (Å²) in [6.07, 6.45) is 3.54. The minimum absolute atomic E-state index is 0.0119. The van der Waals surface area contributed by atoms with Crippen LogP contribution in [0.4, 0.5) is 17.6 Å². The molecule has 2 nitrogen and oxygen atoms in total. The van der Waals surface area contributed by atoms with E-state index in [-0.39, 0.29) is 34.0 Å². The van der Waals surface area contributed by atoms with E-state index in [4.69, 9.17) is 9.41 Å². The molecule has 1 aromatic carbocycles. The Morgan fingerprint density at radius 1 is 0.951 bits per heavy atom. The van der Waals surface area contributed by atoms with Gasteiger partial charge in [0.1, 0.15) is 0 Å². The molecule has 0 aliphatic heterocycles. The molecular formula is C34H47F4NOSi. The van der Waals surface area contributed by atoms with E-state index in [1.54, 1.807) is 0 Å². The Bertz CT molecular complexity index is 1250. The van der Waals surface area contributed by atoms with E-state index in [1.165, 1.54) is 31.4 Å². The number of pyridine rings is 1. The molecule has 41 heavy (non-hydrogen) atoms. The number of alkyl halides is 4. The number of aromatic nitrogens is 1. The van der Waals surface area contributed by atoms with Gasteiger partial charge in [-0.25, -0.2) is 4.39 Å². The van der Waals surface area contributed by atoms with Gasteiger partial charge >= 0.3 is 6.18 Å². The predicted molar refractivity (Wildman–Crippen MR) is 160 cm³/mol. The zero-order chi connectivity index (χ0) is 30.0. The molecule has 1 spiro atoms. The third kappa shape index (κ3) is 5.79. The minimum Gasteiger partial charge on any atom is -0.410 e. The predicted octanol–water partition coefficient (Wildman–Crippen LogP) is 11.1. The second-order valence-corrected chi connectivity index (χ2v) is 19.7. The van der Waals surface area contributed by atoms with Crippen LogP contribution in [0.3, 0.4) is 0 Å². The molecule has 0 amide bonds. The molecule has 1 heterocycles. The van der Waals surface area contributed by atoms with Crippen molar-refractivity contribution in [2.75, 3.05) is 0 Å². The molecule has 1 aromatic heterocycles. The van der Waals surface area contributed by atoms with E-state index < -0.39 is 26.2 Å². The molecule has 0 unspecified atom stereocenters. The van der Waals surface area contributed by atoms with E-state index >= 15 is 4.39 Å². The van der Waals surface area contributed by atoms with Crippen molar-refractivity contribution in [2.24, 2.45) is 5.41 Å². The summed E-state index contributed by atoms with van der Waals surface area (Å²) >= 11 is 0. The molecule has 0 radical (unpaired) electrons. The quantitative estimate of drug-likeness (QED) is 0.247. The molecule has 3 aliphatic rings. The van der Waals surface area contributed by atoms with Crippen molar-refractivity contribution in [3.8, 4) is 0 Å². The Morgan fingerprint density at radius 2 is 1.56 bits per heavy atom. The largest absolute Gasteiger partial charge is 0.416 e. The second kappa shape index (κ2) is 10.8. The molecule has 2 saturated carbocycles. The van der Waals surface area contributed by atoms with Gasteiger partial charge in [-0.15, -0.1) is 0 Å². The topological polar surface area (TPSA) is 22.1 Å². The number of fused-ring (bicyclic) bond motifs is 1. The second-order valence-electron chi connectivity index (χ2n) is 14.9. The molecular weight excluding hydrogens is 542 g/mol. The number of benzene rings is 1. The summed E-state index contributed by atoms with van der Waals surface area (Å²) in [6, 6.07) is 4.62. The molecule has 2 atom stereocenters. The lowest BCUT2D eigenvalue weighted by atomic mass is 9.59. The van der Waals surface area contributed by atoms with Crippen LogP contribution in [0.5, 0.6) is 0 Å². The molecule has 5 rings (SSSR count). The van der Waals surface area contributed by atoms with Gasteiger partial charge in [-0.1, -0.05) is 66.0 Å². The van der Waals surface area contributed by atoms with Crippen molar-refractivity contribution in [3.05, 3.63) is 63.5 Å². The van der Waals surface area contributed by atoms with Crippen LogP contribution in [-0.2, 0) is 17.0 Å². The van der Waals surface area contributed by atoms with Crippen molar-refractivity contribution in [2.45, 2.75) is 141 Å². The maximum Gasteiger partial charge on any atom is 0.416 e. The fourth-order valence-electron chi connectivity index (χ4n) is 7.18. The van der Waals surface area contributed by atoms with Crippen LogP contribution in [0.25, 0.3) is 0 Å². The highest BCUT2D eigenvalue weighted by atomic mass is 28.4. The van der Waals surface area contributed by atoms with Crippen molar-refractivity contribution >= 4 is 8.32 Å². The monoisotopic (exact) mass is 589 g/mol. The van der Waals surface area contributed by atoms with E-state index in [0.717, 1.165) is 73.2 Å². The van der Waals surface area contributed by atoms with Crippen LogP contribution in [0, 0.1) is 5.41 Å². The average Bonchev–Trinajstić information content (AvgIpc) is 3.39. The van der Waals surface area contributed by atoms with E-state index in [9.17, 15) is 13.2 Å². The molecule has 0 N–H and O–H groups in total. The lowest BCUT2D eigenvalue weighted by Crippen LogP contribution is -2.46. The van der Waals surface area contributed by atoms with Crippen molar-refractivity contribution in [1.82, 2.24) is 4.98 Å². The zero-order valence-electron chi connectivity index (χ0n) is 25.9. The zero-order valence-corrected chi connectivity index (χ0v) is 26.9. The maximum absolute atomic E-state index is 16.9. The first-order valence-corrected chi connectivity index (χ1v) is 18.5. The first-order valence-electron chi connectivity index (χ1n) is 15.6. The molecule has 7 heteroatoms. The Morgan fingerprint density at radius 3 is 2.05 bits per heavy atom. The first kappa shape index (κ1) is 30.7.